The van der Waals surface area contributed by atoms with E-state index in [4.69, 9.17) is 5.73 Å². The highest BCUT2D eigenvalue weighted by Crippen LogP contribution is 2.24. The third kappa shape index (κ3) is 2.04. The van der Waals surface area contributed by atoms with E-state index in [1.165, 1.54) is 0 Å². The number of para-hydroxylation sites is 1. The second-order valence-electron chi connectivity index (χ2n) is 3.57. The molecule has 0 amide bonds. The number of benzene rings is 1. The first-order chi connectivity index (χ1) is 7.83. The number of hydrogen-bond donors (Lipinski definition) is 1. The average Bonchev–Trinajstić information content (AvgIpc) is 2.39. The van der Waals surface area contributed by atoms with E-state index in [0.717, 1.165) is 17.1 Å². The number of anilines is 2. The molecule has 1 heterocycles. The highest BCUT2D eigenvalue weighted by Gasteiger charge is 2.07. The summed E-state index contributed by atoms with van der Waals surface area (Å²) in [5.41, 5.74) is 8.77. The van der Waals surface area contributed by atoms with Crippen molar-refractivity contribution in [2.75, 3.05) is 11.9 Å². The van der Waals surface area contributed by atoms with Gasteiger partial charge in [0.05, 0.1) is 11.4 Å². The van der Waals surface area contributed by atoms with Gasteiger partial charge in [-0.15, -0.1) is 0 Å². The molecule has 2 N–H and O–H groups in total. The number of pyridine rings is 1. The molecule has 0 fully saturated rings. The third-order valence-corrected chi connectivity index (χ3v) is 2.56. The Labute approximate surface area is 95.5 Å². The number of hydrogen-bond acceptors (Lipinski definition) is 3. The SMILES string of the molecule is CN(c1ccccc1)c1cccnc1CN. The van der Waals surface area contributed by atoms with E-state index in [2.05, 4.69) is 22.0 Å². The fourth-order valence-corrected chi connectivity index (χ4v) is 1.68. The van der Waals surface area contributed by atoms with Crippen molar-refractivity contribution >= 4 is 11.4 Å². The van der Waals surface area contributed by atoms with Gasteiger partial charge >= 0.3 is 0 Å². The summed E-state index contributed by atoms with van der Waals surface area (Å²) in [6, 6.07) is 14.1. The average molecular weight is 213 g/mol. The van der Waals surface area contributed by atoms with E-state index in [9.17, 15) is 0 Å². The van der Waals surface area contributed by atoms with Crippen LogP contribution in [0.1, 0.15) is 5.69 Å². The Balaban J connectivity index is 2.37. The Kier molecular flexibility index (Phi) is 3.17. The lowest BCUT2D eigenvalue weighted by atomic mass is 10.2. The molecule has 1 aromatic carbocycles. The standard InChI is InChI=1S/C13H15N3/c1-16(11-6-3-2-4-7-11)13-8-5-9-15-12(13)10-14/h2-9H,10,14H2,1H3. The molecular weight excluding hydrogens is 198 g/mol. The first-order valence-electron chi connectivity index (χ1n) is 5.25. The summed E-state index contributed by atoms with van der Waals surface area (Å²) < 4.78 is 0. The smallest absolute Gasteiger partial charge is 0.0775 e. The molecule has 0 radical (unpaired) electrons. The molecule has 3 heteroatoms. The van der Waals surface area contributed by atoms with E-state index in [-0.39, 0.29) is 0 Å². The van der Waals surface area contributed by atoms with Crippen molar-refractivity contribution in [3.8, 4) is 0 Å². The van der Waals surface area contributed by atoms with Crippen LogP contribution in [0.4, 0.5) is 11.4 Å². The van der Waals surface area contributed by atoms with Gasteiger partial charge in [0, 0.05) is 25.5 Å². The quantitative estimate of drug-likeness (QED) is 0.850. The van der Waals surface area contributed by atoms with E-state index >= 15 is 0 Å². The molecule has 0 aliphatic rings. The van der Waals surface area contributed by atoms with Crippen molar-refractivity contribution in [2.45, 2.75) is 6.54 Å². The van der Waals surface area contributed by atoms with E-state index in [0.29, 0.717) is 6.54 Å². The molecule has 0 aliphatic heterocycles. The van der Waals surface area contributed by atoms with Gasteiger partial charge < -0.3 is 10.6 Å². The maximum Gasteiger partial charge on any atom is 0.0775 e. The van der Waals surface area contributed by atoms with Crippen LogP contribution in [0.25, 0.3) is 0 Å². The van der Waals surface area contributed by atoms with E-state index in [1.54, 1.807) is 6.20 Å². The summed E-state index contributed by atoms with van der Waals surface area (Å²) in [5, 5.41) is 0. The van der Waals surface area contributed by atoms with Crippen LogP contribution in [0.15, 0.2) is 48.7 Å². The van der Waals surface area contributed by atoms with Gasteiger partial charge in [-0.1, -0.05) is 18.2 Å². The summed E-state index contributed by atoms with van der Waals surface area (Å²) in [7, 11) is 2.02. The number of aromatic nitrogens is 1. The summed E-state index contributed by atoms with van der Waals surface area (Å²) in [5.74, 6) is 0. The molecule has 0 aliphatic carbocycles. The van der Waals surface area contributed by atoms with Crippen LogP contribution in [-0.2, 0) is 6.54 Å². The van der Waals surface area contributed by atoms with E-state index in [1.807, 2.05) is 37.4 Å². The van der Waals surface area contributed by atoms with Crippen molar-refractivity contribution in [3.63, 3.8) is 0 Å². The van der Waals surface area contributed by atoms with Gasteiger partial charge in [-0.25, -0.2) is 0 Å². The van der Waals surface area contributed by atoms with Crippen molar-refractivity contribution < 1.29 is 0 Å². The Morgan fingerprint density at radius 3 is 2.56 bits per heavy atom. The maximum atomic E-state index is 5.68. The lowest BCUT2D eigenvalue weighted by molar-refractivity contribution is 0.973. The van der Waals surface area contributed by atoms with Gasteiger partial charge in [0.15, 0.2) is 0 Å². The van der Waals surface area contributed by atoms with E-state index < -0.39 is 0 Å². The third-order valence-electron chi connectivity index (χ3n) is 2.56. The molecule has 2 aromatic rings. The fraction of sp³-hybridized carbons (Fsp3) is 0.154. The van der Waals surface area contributed by atoms with Gasteiger partial charge in [-0.05, 0) is 24.3 Å². The van der Waals surface area contributed by atoms with Crippen LogP contribution in [0.2, 0.25) is 0 Å². The normalized spacial score (nSPS) is 10.1. The van der Waals surface area contributed by atoms with Gasteiger partial charge in [0.1, 0.15) is 0 Å². The lowest BCUT2D eigenvalue weighted by Gasteiger charge is -2.21. The molecule has 16 heavy (non-hydrogen) atoms. The predicted molar refractivity (Wildman–Crippen MR) is 66.6 cm³/mol. The molecule has 0 unspecified atom stereocenters. The van der Waals surface area contributed by atoms with Gasteiger partial charge in [-0.2, -0.15) is 0 Å². The highest BCUT2D eigenvalue weighted by molar-refractivity contribution is 5.64. The Morgan fingerprint density at radius 2 is 1.88 bits per heavy atom. The molecule has 0 atom stereocenters. The Bertz CT molecular complexity index is 454. The fourth-order valence-electron chi connectivity index (χ4n) is 1.68. The Morgan fingerprint density at radius 1 is 1.12 bits per heavy atom. The Hall–Kier alpha value is -1.87. The van der Waals surface area contributed by atoms with Crippen LogP contribution in [0, 0.1) is 0 Å². The van der Waals surface area contributed by atoms with Crippen molar-refractivity contribution in [1.82, 2.24) is 4.98 Å². The van der Waals surface area contributed by atoms with Crippen LogP contribution in [0.5, 0.6) is 0 Å². The highest BCUT2D eigenvalue weighted by atomic mass is 15.1. The second-order valence-corrected chi connectivity index (χ2v) is 3.57. The topological polar surface area (TPSA) is 42.2 Å². The molecule has 0 bridgehead atoms. The minimum absolute atomic E-state index is 0.452. The summed E-state index contributed by atoms with van der Waals surface area (Å²) >= 11 is 0. The molecule has 0 spiro atoms. The summed E-state index contributed by atoms with van der Waals surface area (Å²) in [4.78, 5) is 6.37. The van der Waals surface area contributed by atoms with Crippen LogP contribution < -0.4 is 10.6 Å². The zero-order valence-corrected chi connectivity index (χ0v) is 9.30. The number of nitrogens with zero attached hydrogens (tertiary/aromatic N) is 2. The van der Waals surface area contributed by atoms with Crippen molar-refractivity contribution in [1.29, 1.82) is 0 Å². The predicted octanol–water partition coefficient (Wildman–Crippen LogP) is 2.31. The molecular formula is C13H15N3. The summed E-state index contributed by atoms with van der Waals surface area (Å²) in [6.07, 6.45) is 1.77. The molecule has 1 aromatic heterocycles. The van der Waals surface area contributed by atoms with Crippen molar-refractivity contribution in [3.05, 3.63) is 54.4 Å². The first kappa shape index (κ1) is 10.6. The molecule has 82 valence electrons. The minimum atomic E-state index is 0.452. The van der Waals surface area contributed by atoms with Gasteiger partial charge in [-0.3, -0.25) is 4.98 Å². The van der Waals surface area contributed by atoms with Crippen LogP contribution in [0.3, 0.4) is 0 Å². The lowest BCUT2D eigenvalue weighted by Crippen LogP contribution is -2.14. The summed E-state index contributed by atoms with van der Waals surface area (Å²) in [6.45, 7) is 0.452. The van der Waals surface area contributed by atoms with Crippen LogP contribution in [-0.4, -0.2) is 12.0 Å². The minimum Gasteiger partial charge on any atom is -0.343 e. The zero-order chi connectivity index (χ0) is 11.4. The largest absolute Gasteiger partial charge is 0.343 e. The molecule has 2 rings (SSSR count). The van der Waals surface area contributed by atoms with Crippen LogP contribution >= 0.6 is 0 Å². The monoisotopic (exact) mass is 213 g/mol. The van der Waals surface area contributed by atoms with Gasteiger partial charge in [0.25, 0.3) is 0 Å². The molecule has 0 saturated heterocycles. The van der Waals surface area contributed by atoms with Gasteiger partial charge in [0.2, 0.25) is 0 Å². The molecule has 0 saturated carbocycles. The van der Waals surface area contributed by atoms with Crippen molar-refractivity contribution in [2.24, 2.45) is 5.73 Å². The molecule has 3 nitrogen and oxygen atoms in total. The maximum absolute atomic E-state index is 5.68. The number of rotatable bonds is 3. The second kappa shape index (κ2) is 4.77. The first-order valence-corrected chi connectivity index (χ1v) is 5.25. The zero-order valence-electron chi connectivity index (χ0n) is 9.30. The number of nitrogens with two attached hydrogens (primary N) is 1.